The first-order chi connectivity index (χ1) is 11.2. The van der Waals surface area contributed by atoms with E-state index in [2.05, 4.69) is 77.4 Å². The van der Waals surface area contributed by atoms with E-state index in [1.807, 2.05) is 6.07 Å². The number of benzene rings is 2. The SMILES string of the molecule is Cc1ccc(CN(C)Cc2ccc(-c3ncccn3)cc2)cc1. The molecule has 0 spiro atoms. The van der Waals surface area contributed by atoms with Crippen LogP contribution in [0.5, 0.6) is 0 Å². The first kappa shape index (κ1) is 15.4. The van der Waals surface area contributed by atoms with Crippen molar-refractivity contribution in [3.63, 3.8) is 0 Å². The number of hydrogen-bond acceptors (Lipinski definition) is 3. The monoisotopic (exact) mass is 303 g/mol. The van der Waals surface area contributed by atoms with E-state index in [0.29, 0.717) is 0 Å². The molecule has 0 saturated carbocycles. The average molecular weight is 303 g/mol. The van der Waals surface area contributed by atoms with Crippen LogP contribution >= 0.6 is 0 Å². The standard InChI is InChI=1S/C20H21N3/c1-16-4-6-17(7-5-16)14-23(2)15-18-8-10-19(11-9-18)20-21-12-3-13-22-20/h3-13H,14-15H2,1-2H3. The van der Waals surface area contributed by atoms with Crippen molar-refractivity contribution in [2.75, 3.05) is 7.05 Å². The Balaban J connectivity index is 1.62. The van der Waals surface area contributed by atoms with Crippen LogP contribution in [-0.4, -0.2) is 21.9 Å². The van der Waals surface area contributed by atoms with E-state index < -0.39 is 0 Å². The molecule has 3 rings (SSSR count). The Morgan fingerprint density at radius 2 is 1.30 bits per heavy atom. The molecule has 0 aliphatic rings. The second kappa shape index (κ2) is 7.16. The summed E-state index contributed by atoms with van der Waals surface area (Å²) in [5, 5.41) is 0. The van der Waals surface area contributed by atoms with Gasteiger partial charge in [0.1, 0.15) is 0 Å². The predicted molar refractivity (Wildman–Crippen MR) is 93.8 cm³/mol. The van der Waals surface area contributed by atoms with Gasteiger partial charge in [-0.3, -0.25) is 4.90 Å². The molecule has 0 fully saturated rings. The number of rotatable bonds is 5. The van der Waals surface area contributed by atoms with E-state index in [0.717, 1.165) is 24.5 Å². The van der Waals surface area contributed by atoms with Gasteiger partial charge in [-0.15, -0.1) is 0 Å². The molecule has 0 aliphatic heterocycles. The van der Waals surface area contributed by atoms with Crippen LogP contribution in [0.3, 0.4) is 0 Å². The van der Waals surface area contributed by atoms with Gasteiger partial charge in [-0.1, -0.05) is 54.1 Å². The maximum Gasteiger partial charge on any atom is 0.159 e. The highest BCUT2D eigenvalue weighted by molar-refractivity contribution is 5.54. The lowest BCUT2D eigenvalue weighted by Crippen LogP contribution is -2.17. The summed E-state index contributed by atoms with van der Waals surface area (Å²) in [6.45, 7) is 3.99. The zero-order chi connectivity index (χ0) is 16.1. The molecule has 1 heterocycles. The Hall–Kier alpha value is -2.52. The van der Waals surface area contributed by atoms with E-state index in [1.165, 1.54) is 16.7 Å². The van der Waals surface area contributed by atoms with Crippen molar-refractivity contribution in [1.82, 2.24) is 14.9 Å². The van der Waals surface area contributed by atoms with E-state index in [4.69, 9.17) is 0 Å². The van der Waals surface area contributed by atoms with Gasteiger partial charge in [-0.05, 0) is 31.2 Å². The van der Waals surface area contributed by atoms with Gasteiger partial charge in [0.2, 0.25) is 0 Å². The second-order valence-corrected chi connectivity index (χ2v) is 5.93. The third kappa shape index (κ3) is 4.24. The minimum atomic E-state index is 0.770. The number of nitrogens with zero attached hydrogens (tertiary/aromatic N) is 3. The minimum Gasteiger partial charge on any atom is -0.298 e. The number of hydrogen-bond donors (Lipinski definition) is 0. The lowest BCUT2D eigenvalue weighted by atomic mass is 10.1. The molecule has 0 atom stereocenters. The molecule has 23 heavy (non-hydrogen) atoms. The van der Waals surface area contributed by atoms with E-state index in [9.17, 15) is 0 Å². The van der Waals surface area contributed by atoms with Crippen molar-refractivity contribution in [3.05, 3.63) is 83.7 Å². The smallest absolute Gasteiger partial charge is 0.159 e. The first-order valence-electron chi connectivity index (χ1n) is 7.81. The molecular formula is C20H21N3. The van der Waals surface area contributed by atoms with Gasteiger partial charge in [-0.25, -0.2) is 9.97 Å². The molecule has 0 unspecified atom stereocenters. The fraction of sp³-hybridized carbons (Fsp3) is 0.200. The Morgan fingerprint density at radius 1 is 0.783 bits per heavy atom. The van der Waals surface area contributed by atoms with Crippen molar-refractivity contribution in [2.45, 2.75) is 20.0 Å². The van der Waals surface area contributed by atoms with Crippen molar-refractivity contribution in [2.24, 2.45) is 0 Å². The summed E-state index contributed by atoms with van der Waals surface area (Å²) < 4.78 is 0. The van der Waals surface area contributed by atoms with Crippen molar-refractivity contribution in [1.29, 1.82) is 0 Å². The Labute approximate surface area is 137 Å². The quantitative estimate of drug-likeness (QED) is 0.711. The molecular weight excluding hydrogens is 282 g/mol. The van der Waals surface area contributed by atoms with Gasteiger partial charge in [0.25, 0.3) is 0 Å². The summed E-state index contributed by atoms with van der Waals surface area (Å²) >= 11 is 0. The number of aryl methyl sites for hydroxylation is 1. The van der Waals surface area contributed by atoms with Crippen LogP contribution in [-0.2, 0) is 13.1 Å². The van der Waals surface area contributed by atoms with Gasteiger partial charge in [-0.2, -0.15) is 0 Å². The molecule has 0 N–H and O–H groups in total. The summed E-state index contributed by atoms with van der Waals surface area (Å²) in [5.41, 5.74) is 4.98. The Morgan fingerprint density at radius 3 is 1.87 bits per heavy atom. The molecule has 0 aliphatic carbocycles. The van der Waals surface area contributed by atoms with Gasteiger partial charge in [0.05, 0.1) is 0 Å². The molecule has 0 bridgehead atoms. The molecule has 2 aromatic carbocycles. The Kier molecular flexibility index (Phi) is 4.79. The highest BCUT2D eigenvalue weighted by Gasteiger charge is 2.04. The van der Waals surface area contributed by atoms with Gasteiger partial charge < -0.3 is 0 Å². The number of aromatic nitrogens is 2. The molecule has 3 nitrogen and oxygen atoms in total. The zero-order valence-electron chi connectivity index (χ0n) is 13.6. The largest absolute Gasteiger partial charge is 0.298 e. The predicted octanol–water partition coefficient (Wildman–Crippen LogP) is 4.08. The molecule has 0 amide bonds. The van der Waals surface area contributed by atoms with Gasteiger partial charge in [0.15, 0.2) is 5.82 Å². The fourth-order valence-electron chi connectivity index (χ4n) is 2.58. The minimum absolute atomic E-state index is 0.770. The fourth-order valence-corrected chi connectivity index (χ4v) is 2.58. The van der Waals surface area contributed by atoms with Gasteiger partial charge >= 0.3 is 0 Å². The summed E-state index contributed by atoms with van der Waals surface area (Å²) in [6, 6.07) is 19.0. The van der Waals surface area contributed by atoms with Crippen LogP contribution in [0, 0.1) is 6.92 Å². The van der Waals surface area contributed by atoms with E-state index in [1.54, 1.807) is 12.4 Å². The summed E-state index contributed by atoms with van der Waals surface area (Å²) in [6.07, 6.45) is 3.54. The highest BCUT2D eigenvalue weighted by Crippen LogP contribution is 2.16. The van der Waals surface area contributed by atoms with Crippen LogP contribution < -0.4 is 0 Å². The summed E-state index contributed by atoms with van der Waals surface area (Å²) in [4.78, 5) is 10.9. The lowest BCUT2D eigenvalue weighted by Gasteiger charge is -2.17. The van der Waals surface area contributed by atoms with Crippen LogP contribution in [0.2, 0.25) is 0 Å². The Bertz CT molecular complexity index is 734. The van der Waals surface area contributed by atoms with Crippen LogP contribution in [0.1, 0.15) is 16.7 Å². The lowest BCUT2D eigenvalue weighted by molar-refractivity contribution is 0.319. The maximum atomic E-state index is 4.28. The van der Waals surface area contributed by atoms with Crippen LogP contribution in [0.15, 0.2) is 67.0 Å². The van der Waals surface area contributed by atoms with Crippen LogP contribution in [0.4, 0.5) is 0 Å². The average Bonchev–Trinajstić information content (AvgIpc) is 2.58. The normalized spacial score (nSPS) is 10.9. The van der Waals surface area contributed by atoms with Crippen LogP contribution in [0.25, 0.3) is 11.4 Å². The topological polar surface area (TPSA) is 29.0 Å². The third-order valence-corrected chi connectivity index (χ3v) is 3.80. The third-order valence-electron chi connectivity index (χ3n) is 3.80. The summed E-state index contributed by atoms with van der Waals surface area (Å²) in [5.74, 6) is 0.770. The second-order valence-electron chi connectivity index (χ2n) is 5.93. The molecule has 0 radical (unpaired) electrons. The first-order valence-corrected chi connectivity index (χ1v) is 7.81. The van der Waals surface area contributed by atoms with Crippen molar-refractivity contribution < 1.29 is 0 Å². The molecule has 3 aromatic rings. The van der Waals surface area contributed by atoms with E-state index >= 15 is 0 Å². The molecule has 116 valence electrons. The molecule has 0 saturated heterocycles. The summed E-state index contributed by atoms with van der Waals surface area (Å²) in [7, 11) is 2.15. The van der Waals surface area contributed by atoms with Gasteiger partial charge in [0, 0.05) is 31.0 Å². The highest BCUT2D eigenvalue weighted by atomic mass is 15.1. The maximum absolute atomic E-state index is 4.28. The molecule has 3 heteroatoms. The van der Waals surface area contributed by atoms with Crippen molar-refractivity contribution >= 4 is 0 Å². The van der Waals surface area contributed by atoms with Crippen molar-refractivity contribution in [3.8, 4) is 11.4 Å². The zero-order valence-corrected chi connectivity index (χ0v) is 13.6. The molecule has 1 aromatic heterocycles. The van der Waals surface area contributed by atoms with E-state index in [-0.39, 0.29) is 0 Å².